The molecular weight excluding hydrogens is 600 g/mol. The van der Waals surface area contributed by atoms with Crippen molar-refractivity contribution in [3.8, 4) is 0 Å². The Morgan fingerprint density at radius 2 is 1.63 bits per heavy atom. The lowest BCUT2D eigenvalue weighted by Crippen LogP contribution is -2.50. The number of aliphatic hydroxyl groups is 1. The lowest BCUT2D eigenvalue weighted by molar-refractivity contribution is -0.117. The van der Waals surface area contributed by atoms with E-state index in [1.54, 1.807) is 48.5 Å². The third-order valence-corrected chi connectivity index (χ3v) is 9.39. The van der Waals surface area contributed by atoms with Crippen LogP contribution in [0.3, 0.4) is 0 Å². The van der Waals surface area contributed by atoms with Crippen LogP contribution in [0, 0.1) is 5.92 Å². The Morgan fingerprint density at radius 1 is 0.957 bits per heavy atom. The van der Waals surface area contributed by atoms with Crippen LogP contribution in [0.15, 0.2) is 78.9 Å². The van der Waals surface area contributed by atoms with Crippen LogP contribution in [0.4, 0.5) is 17.1 Å². The summed E-state index contributed by atoms with van der Waals surface area (Å²) >= 11 is 0. The van der Waals surface area contributed by atoms with E-state index < -0.39 is 28.1 Å². The minimum absolute atomic E-state index is 0.164. The van der Waals surface area contributed by atoms with Gasteiger partial charge in [0.25, 0.3) is 5.91 Å². The first-order chi connectivity index (χ1) is 22.0. The molecule has 1 fully saturated rings. The van der Waals surface area contributed by atoms with E-state index in [1.165, 1.54) is 9.21 Å². The number of benzene rings is 3. The molecule has 3 atom stereocenters. The Morgan fingerprint density at radius 3 is 2.24 bits per heavy atom. The number of para-hydroxylation sites is 2. The van der Waals surface area contributed by atoms with Gasteiger partial charge in [-0.1, -0.05) is 81.3 Å². The zero-order chi connectivity index (χ0) is 33.3. The van der Waals surface area contributed by atoms with E-state index in [1.807, 2.05) is 30.3 Å². The molecule has 0 spiro atoms. The monoisotopic (exact) mass is 648 g/mol. The number of carbonyl (C=O) groups is 2. The van der Waals surface area contributed by atoms with Crippen LogP contribution in [0.2, 0.25) is 0 Å². The predicted molar refractivity (Wildman–Crippen MR) is 185 cm³/mol. The average Bonchev–Trinajstić information content (AvgIpc) is 3.44. The van der Waals surface area contributed by atoms with Crippen molar-refractivity contribution >= 4 is 38.9 Å². The number of rotatable bonds is 16. The molecule has 3 N–H and O–H groups in total. The quantitative estimate of drug-likeness (QED) is 0.191. The van der Waals surface area contributed by atoms with Gasteiger partial charge in [0.15, 0.2) is 0 Å². The Kier molecular flexibility index (Phi) is 12.4. The van der Waals surface area contributed by atoms with E-state index in [-0.39, 0.29) is 35.4 Å². The van der Waals surface area contributed by atoms with E-state index in [9.17, 15) is 23.1 Å². The maximum atomic E-state index is 14.2. The van der Waals surface area contributed by atoms with E-state index in [4.69, 9.17) is 0 Å². The van der Waals surface area contributed by atoms with Gasteiger partial charge >= 0.3 is 0 Å². The fourth-order valence-electron chi connectivity index (χ4n) is 5.92. The summed E-state index contributed by atoms with van der Waals surface area (Å²) in [6, 6.07) is 22.6. The third kappa shape index (κ3) is 9.40. The van der Waals surface area contributed by atoms with Gasteiger partial charge in [-0.15, -0.1) is 0 Å². The van der Waals surface area contributed by atoms with Crippen LogP contribution in [-0.4, -0.2) is 62.9 Å². The van der Waals surface area contributed by atoms with Gasteiger partial charge < -0.3 is 20.6 Å². The van der Waals surface area contributed by atoms with Crippen molar-refractivity contribution in [1.82, 2.24) is 10.6 Å². The van der Waals surface area contributed by atoms with Crippen molar-refractivity contribution in [1.29, 1.82) is 0 Å². The maximum absolute atomic E-state index is 14.2. The lowest BCUT2D eigenvalue weighted by atomic mass is 9.99. The molecule has 0 saturated carbocycles. The molecule has 4 rings (SSSR count). The summed E-state index contributed by atoms with van der Waals surface area (Å²) in [5.74, 6) is -0.0396. The number of aliphatic hydroxyl groups excluding tert-OH is 1. The lowest BCUT2D eigenvalue weighted by Gasteiger charge is -2.31. The van der Waals surface area contributed by atoms with Crippen LogP contribution >= 0.6 is 0 Å². The molecule has 1 aliphatic rings. The minimum atomic E-state index is -3.87. The number of carbonyl (C=O) groups excluding carboxylic acids is 2. The highest BCUT2D eigenvalue weighted by Gasteiger charge is 2.34. The van der Waals surface area contributed by atoms with Crippen LogP contribution < -0.4 is 19.8 Å². The summed E-state index contributed by atoms with van der Waals surface area (Å²) in [6.45, 7) is 7.16. The molecule has 3 aromatic carbocycles. The van der Waals surface area contributed by atoms with Crippen molar-refractivity contribution in [2.75, 3.05) is 28.6 Å². The average molecular weight is 649 g/mol. The van der Waals surface area contributed by atoms with Crippen molar-refractivity contribution in [3.63, 3.8) is 0 Å². The van der Waals surface area contributed by atoms with E-state index in [0.29, 0.717) is 37.4 Å². The molecule has 2 amide bonds. The molecule has 3 aromatic rings. The topological polar surface area (TPSA) is 119 Å². The Labute approximate surface area is 274 Å². The second-order valence-corrected chi connectivity index (χ2v) is 14.5. The summed E-state index contributed by atoms with van der Waals surface area (Å²) in [6.07, 6.45) is 4.69. The van der Waals surface area contributed by atoms with Gasteiger partial charge in [-0.25, -0.2) is 12.7 Å². The zero-order valence-corrected chi connectivity index (χ0v) is 28.2. The van der Waals surface area contributed by atoms with E-state index >= 15 is 0 Å². The largest absolute Gasteiger partial charge is 0.390 e. The molecule has 46 heavy (non-hydrogen) atoms. The van der Waals surface area contributed by atoms with Gasteiger partial charge in [0.05, 0.1) is 41.0 Å². The highest BCUT2D eigenvalue weighted by molar-refractivity contribution is 7.92. The molecule has 9 nitrogen and oxygen atoms in total. The second kappa shape index (κ2) is 16.2. The Hall–Kier alpha value is -3.73. The predicted octanol–water partition coefficient (Wildman–Crippen LogP) is 5.42. The van der Waals surface area contributed by atoms with Gasteiger partial charge in [-0.2, -0.15) is 0 Å². The van der Waals surface area contributed by atoms with E-state index in [0.717, 1.165) is 31.1 Å². The smallest absolute Gasteiger partial charge is 0.253 e. The van der Waals surface area contributed by atoms with Crippen LogP contribution in [0.1, 0.15) is 68.8 Å². The number of hydrogen-bond acceptors (Lipinski definition) is 6. The van der Waals surface area contributed by atoms with Crippen molar-refractivity contribution in [2.24, 2.45) is 5.92 Å². The molecule has 248 valence electrons. The first-order valence-electron chi connectivity index (χ1n) is 16.2. The molecule has 1 aliphatic heterocycles. The highest BCUT2D eigenvalue weighted by atomic mass is 32.2. The normalized spacial score (nSPS) is 15.5. The fourth-order valence-corrected chi connectivity index (χ4v) is 6.92. The van der Waals surface area contributed by atoms with Gasteiger partial charge in [0.1, 0.15) is 0 Å². The summed E-state index contributed by atoms with van der Waals surface area (Å²) < 4.78 is 27.7. The zero-order valence-electron chi connectivity index (χ0n) is 27.4. The SMILES string of the molecule is CC(C)CCCC(C)NC[C@@H](O)[C@H](Cc1ccccc1)NC(=O)c1cccc(N(c2ccccc2)S(C)(=O)=O)c1N1CCCC1=O. The number of hydrogen-bond donors (Lipinski definition) is 3. The standard InChI is InChI=1S/C36H48N4O5S/c1-26(2)14-11-15-27(3)37-25-33(41)31(24-28-16-7-5-8-17-28)38-36(43)30-20-12-21-32(35(30)39-23-13-22-34(39)42)40(46(4,44)45)29-18-9-6-10-19-29/h5-10,12,16-21,26-27,31,33,37,41H,11,13-15,22-25H2,1-4H3,(H,38,43)/t27?,31-,33+/m0/s1. The van der Waals surface area contributed by atoms with Crippen molar-refractivity contribution in [3.05, 3.63) is 90.0 Å². The molecule has 0 bridgehead atoms. The first-order valence-corrected chi connectivity index (χ1v) is 18.1. The number of nitrogens with one attached hydrogen (secondary N) is 2. The molecule has 1 heterocycles. The molecule has 10 heteroatoms. The number of anilines is 3. The number of amides is 2. The summed E-state index contributed by atoms with van der Waals surface area (Å²) in [5.41, 5.74) is 1.96. The Bertz CT molecular complexity index is 1550. The molecule has 0 aliphatic carbocycles. The second-order valence-electron chi connectivity index (χ2n) is 12.7. The summed E-state index contributed by atoms with van der Waals surface area (Å²) in [7, 11) is -3.87. The van der Waals surface area contributed by atoms with Crippen molar-refractivity contribution in [2.45, 2.75) is 77.5 Å². The molecule has 0 radical (unpaired) electrons. The third-order valence-electron chi connectivity index (χ3n) is 8.32. The maximum Gasteiger partial charge on any atom is 0.253 e. The van der Waals surface area contributed by atoms with E-state index in [2.05, 4.69) is 31.4 Å². The van der Waals surface area contributed by atoms with Crippen LogP contribution in [-0.2, 0) is 21.2 Å². The fraction of sp³-hybridized carbons (Fsp3) is 0.444. The molecular formula is C36H48N4O5S. The minimum Gasteiger partial charge on any atom is -0.390 e. The van der Waals surface area contributed by atoms with Gasteiger partial charge in [0, 0.05) is 25.6 Å². The highest BCUT2D eigenvalue weighted by Crippen LogP contribution is 2.40. The van der Waals surface area contributed by atoms with Crippen LogP contribution in [0.5, 0.6) is 0 Å². The first kappa shape index (κ1) is 35.1. The number of sulfonamides is 1. The van der Waals surface area contributed by atoms with Gasteiger partial charge in [-0.05, 0) is 61.9 Å². The van der Waals surface area contributed by atoms with Crippen LogP contribution in [0.25, 0.3) is 0 Å². The molecule has 0 aromatic heterocycles. The van der Waals surface area contributed by atoms with Gasteiger partial charge in [0.2, 0.25) is 15.9 Å². The molecule has 1 unspecified atom stereocenters. The summed E-state index contributed by atoms with van der Waals surface area (Å²) in [4.78, 5) is 28.8. The number of nitrogens with zero attached hydrogens (tertiary/aromatic N) is 2. The Balaban J connectivity index is 1.68. The van der Waals surface area contributed by atoms with Crippen molar-refractivity contribution < 1.29 is 23.1 Å². The van der Waals surface area contributed by atoms with Gasteiger partial charge in [-0.3, -0.25) is 9.59 Å². The molecule has 1 saturated heterocycles. The summed E-state index contributed by atoms with van der Waals surface area (Å²) in [5, 5.41) is 17.9.